The topological polar surface area (TPSA) is 46.0 Å². The summed E-state index contributed by atoms with van der Waals surface area (Å²) in [5.41, 5.74) is 3.53. The van der Waals surface area contributed by atoms with Crippen molar-refractivity contribution in [3.8, 4) is 5.75 Å². The van der Waals surface area contributed by atoms with Crippen LogP contribution < -0.4 is 19.9 Å². The number of anilines is 1. The summed E-state index contributed by atoms with van der Waals surface area (Å²) in [7, 11) is 8.24. The number of likely N-dealkylation sites (N-methyl/N-ethyl adjacent to an activating group) is 1. The number of nitrogens with zero attached hydrogens (tertiary/aromatic N) is 1. The molecule has 0 aliphatic carbocycles. The monoisotopic (exact) mass is 356 g/mol. The van der Waals surface area contributed by atoms with Crippen LogP contribution in [0, 0.1) is 6.92 Å². The van der Waals surface area contributed by atoms with Crippen molar-refractivity contribution in [1.29, 1.82) is 0 Å². The van der Waals surface area contributed by atoms with Gasteiger partial charge in [-0.25, -0.2) is 0 Å². The van der Waals surface area contributed by atoms with Crippen LogP contribution in [0.4, 0.5) is 5.69 Å². The lowest BCUT2D eigenvalue weighted by Gasteiger charge is -2.23. The third-order valence-electron chi connectivity index (χ3n) is 4.40. The van der Waals surface area contributed by atoms with Crippen molar-refractivity contribution in [3.05, 3.63) is 59.7 Å². The minimum atomic E-state index is -0.110. The van der Waals surface area contributed by atoms with Crippen LogP contribution >= 0.6 is 0 Å². The highest BCUT2D eigenvalue weighted by molar-refractivity contribution is 5.77. The number of nitrogens with one attached hydrogen (secondary N) is 2. The summed E-state index contributed by atoms with van der Waals surface area (Å²) in [4.78, 5) is 15.5. The molecular weight excluding hydrogens is 326 g/mol. The lowest BCUT2D eigenvalue weighted by atomic mass is 10.1. The maximum absolute atomic E-state index is 12.1. The second kappa shape index (κ2) is 9.25. The van der Waals surface area contributed by atoms with Gasteiger partial charge in [0.15, 0.2) is 6.61 Å². The minimum Gasteiger partial charge on any atom is -0.484 e. The Morgan fingerprint density at radius 1 is 1.08 bits per heavy atom. The van der Waals surface area contributed by atoms with Crippen molar-refractivity contribution >= 4 is 11.6 Å². The SMILES string of the molecule is Cc1ccc(OCC(=O)NC[C@H](c2ccc(N(C)C)cc2)[NH+](C)C)cc1. The summed E-state index contributed by atoms with van der Waals surface area (Å²) in [5.74, 6) is 0.599. The van der Waals surface area contributed by atoms with E-state index in [1.54, 1.807) is 0 Å². The molecule has 0 bridgehead atoms. The van der Waals surface area contributed by atoms with E-state index in [0.29, 0.717) is 12.3 Å². The first kappa shape index (κ1) is 19.8. The van der Waals surface area contributed by atoms with E-state index < -0.39 is 0 Å². The Hall–Kier alpha value is -2.53. The van der Waals surface area contributed by atoms with Crippen LogP contribution in [0.2, 0.25) is 0 Å². The molecule has 0 aliphatic rings. The molecule has 0 aliphatic heterocycles. The molecule has 2 rings (SSSR count). The molecule has 0 saturated carbocycles. The van der Waals surface area contributed by atoms with E-state index >= 15 is 0 Å². The molecular formula is C21H30N3O2+. The summed E-state index contributed by atoms with van der Waals surface area (Å²) in [6.45, 7) is 2.61. The summed E-state index contributed by atoms with van der Waals surface area (Å²) in [6, 6.07) is 16.3. The van der Waals surface area contributed by atoms with E-state index in [2.05, 4.69) is 48.6 Å². The minimum absolute atomic E-state index is 0.0259. The number of quaternary nitrogens is 1. The number of rotatable bonds is 8. The Kier molecular flexibility index (Phi) is 7.04. The van der Waals surface area contributed by atoms with Gasteiger partial charge in [0.1, 0.15) is 11.8 Å². The smallest absolute Gasteiger partial charge is 0.258 e. The quantitative estimate of drug-likeness (QED) is 0.752. The molecule has 2 aromatic rings. The zero-order valence-electron chi connectivity index (χ0n) is 16.4. The molecule has 0 unspecified atom stereocenters. The molecule has 26 heavy (non-hydrogen) atoms. The van der Waals surface area contributed by atoms with E-state index in [4.69, 9.17) is 4.74 Å². The third kappa shape index (κ3) is 5.77. The van der Waals surface area contributed by atoms with Crippen LogP contribution in [0.15, 0.2) is 48.5 Å². The standard InChI is InChI=1S/C21H29N3O2/c1-16-6-12-19(13-7-16)26-15-21(25)22-14-20(24(4)5)17-8-10-18(11-9-17)23(2)3/h6-13,20H,14-15H2,1-5H3,(H,22,25)/p+1/t20-/m1/s1. The third-order valence-corrected chi connectivity index (χ3v) is 4.40. The molecule has 0 fully saturated rings. The van der Waals surface area contributed by atoms with Gasteiger partial charge in [0, 0.05) is 25.3 Å². The van der Waals surface area contributed by atoms with Gasteiger partial charge in [-0.1, -0.05) is 29.8 Å². The zero-order chi connectivity index (χ0) is 19.1. The Labute approximate surface area is 156 Å². The second-order valence-electron chi connectivity index (χ2n) is 7.02. The van der Waals surface area contributed by atoms with Gasteiger partial charge in [-0.3, -0.25) is 4.79 Å². The molecule has 0 radical (unpaired) electrons. The van der Waals surface area contributed by atoms with E-state index in [9.17, 15) is 4.79 Å². The van der Waals surface area contributed by atoms with Crippen molar-refractivity contribution in [2.75, 3.05) is 46.2 Å². The highest BCUT2D eigenvalue weighted by atomic mass is 16.5. The number of carbonyl (C=O) groups excluding carboxylic acids is 1. The van der Waals surface area contributed by atoms with Crippen molar-refractivity contribution in [2.45, 2.75) is 13.0 Å². The maximum Gasteiger partial charge on any atom is 0.258 e. The van der Waals surface area contributed by atoms with E-state index in [1.165, 1.54) is 16.0 Å². The zero-order valence-corrected chi connectivity index (χ0v) is 16.4. The maximum atomic E-state index is 12.1. The number of hydrogen-bond donors (Lipinski definition) is 2. The summed E-state index contributed by atoms with van der Waals surface area (Å²) in [6.07, 6.45) is 0. The van der Waals surface area contributed by atoms with Gasteiger partial charge in [-0.2, -0.15) is 0 Å². The van der Waals surface area contributed by atoms with Gasteiger partial charge in [0.05, 0.1) is 20.6 Å². The van der Waals surface area contributed by atoms with E-state index in [-0.39, 0.29) is 18.6 Å². The van der Waals surface area contributed by atoms with Crippen LogP contribution in [0.5, 0.6) is 5.75 Å². The predicted molar refractivity (Wildman–Crippen MR) is 106 cm³/mol. The van der Waals surface area contributed by atoms with E-state index in [0.717, 1.165) is 5.69 Å². The average molecular weight is 356 g/mol. The van der Waals surface area contributed by atoms with E-state index in [1.807, 2.05) is 45.3 Å². The molecule has 140 valence electrons. The van der Waals surface area contributed by atoms with Crippen molar-refractivity contribution < 1.29 is 14.4 Å². The Balaban J connectivity index is 1.89. The first-order chi connectivity index (χ1) is 12.4. The number of amides is 1. The second-order valence-corrected chi connectivity index (χ2v) is 7.02. The average Bonchev–Trinajstić information content (AvgIpc) is 2.61. The molecule has 5 heteroatoms. The molecule has 5 nitrogen and oxygen atoms in total. The molecule has 2 N–H and O–H groups in total. The fraction of sp³-hybridized carbons (Fsp3) is 0.381. The fourth-order valence-electron chi connectivity index (χ4n) is 2.71. The molecule has 2 aromatic carbocycles. The van der Waals surface area contributed by atoms with Crippen LogP contribution in [0.3, 0.4) is 0 Å². The predicted octanol–water partition coefficient (Wildman–Crippen LogP) is 1.44. The first-order valence-corrected chi connectivity index (χ1v) is 8.90. The van der Waals surface area contributed by atoms with Crippen LogP contribution in [-0.2, 0) is 4.79 Å². The molecule has 1 amide bonds. The number of aryl methyl sites for hydroxylation is 1. The summed E-state index contributed by atoms with van der Waals surface area (Å²) >= 11 is 0. The van der Waals surface area contributed by atoms with Crippen LogP contribution in [-0.4, -0.2) is 47.2 Å². The van der Waals surface area contributed by atoms with Crippen molar-refractivity contribution in [2.24, 2.45) is 0 Å². The first-order valence-electron chi connectivity index (χ1n) is 8.90. The lowest BCUT2D eigenvalue weighted by Crippen LogP contribution is -3.07. The van der Waals surface area contributed by atoms with Gasteiger partial charge in [0.25, 0.3) is 5.91 Å². The normalized spacial score (nSPS) is 11.9. The molecule has 0 saturated heterocycles. The fourth-order valence-corrected chi connectivity index (χ4v) is 2.71. The lowest BCUT2D eigenvalue weighted by molar-refractivity contribution is -0.890. The van der Waals surface area contributed by atoms with Crippen LogP contribution in [0.1, 0.15) is 17.2 Å². The number of ether oxygens (including phenoxy) is 1. The molecule has 1 atom stereocenters. The van der Waals surface area contributed by atoms with Crippen molar-refractivity contribution in [3.63, 3.8) is 0 Å². The van der Waals surface area contributed by atoms with Gasteiger partial charge in [-0.05, 0) is 31.2 Å². The van der Waals surface area contributed by atoms with Gasteiger partial charge in [-0.15, -0.1) is 0 Å². The van der Waals surface area contributed by atoms with Crippen molar-refractivity contribution in [1.82, 2.24) is 5.32 Å². The highest BCUT2D eigenvalue weighted by Crippen LogP contribution is 2.16. The van der Waals surface area contributed by atoms with Gasteiger partial charge >= 0.3 is 0 Å². The Bertz CT molecular complexity index is 694. The van der Waals surface area contributed by atoms with Gasteiger partial charge in [0.2, 0.25) is 0 Å². The summed E-state index contributed by atoms with van der Waals surface area (Å²) in [5, 5.41) is 2.99. The number of carbonyl (C=O) groups is 1. The number of benzene rings is 2. The Morgan fingerprint density at radius 2 is 1.69 bits per heavy atom. The molecule has 0 spiro atoms. The summed E-state index contributed by atoms with van der Waals surface area (Å²) < 4.78 is 5.54. The Morgan fingerprint density at radius 3 is 2.23 bits per heavy atom. The largest absolute Gasteiger partial charge is 0.484 e. The molecule has 0 aromatic heterocycles. The molecule has 0 heterocycles. The van der Waals surface area contributed by atoms with Gasteiger partial charge < -0.3 is 19.9 Å². The highest BCUT2D eigenvalue weighted by Gasteiger charge is 2.19. The number of hydrogen-bond acceptors (Lipinski definition) is 3. The van der Waals surface area contributed by atoms with Crippen LogP contribution in [0.25, 0.3) is 0 Å².